The second kappa shape index (κ2) is 4.44. The molecule has 0 aliphatic rings. The zero-order valence-electron chi connectivity index (χ0n) is 6.95. The number of rotatable bonds is 3. The third-order valence-corrected chi connectivity index (χ3v) is 1.50. The number of nitrogens with one attached hydrogen (secondary N) is 2. The lowest BCUT2D eigenvalue weighted by atomic mass is 10.2. The molecule has 0 bridgehead atoms. The van der Waals surface area contributed by atoms with Crippen molar-refractivity contribution >= 4 is 11.7 Å². The summed E-state index contributed by atoms with van der Waals surface area (Å²) in [5.74, 6) is 0. The first-order chi connectivity index (χ1) is 6.22. The number of urea groups is 1. The van der Waals surface area contributed by atoms with Gasteiger partial charge in [-0.05, 0) is 17.7 Å². The van der Waals surface area contributed by atoms with Crippen LogP contribution in [0.1, 0.15) is 5.56 Å². The molecule has 0 fully saturated rings. The van der Waals surface area contributed by atoms with Crippen LogP contribution in [0.25, 0.3) is 0 Å². The molecule has 0 atom stereocenters. The highest BCUT2D eigenvalue weighted by molar-refractivity contribution is 5.87. The van der Waals surface area contributed by atoms with E-state index in [0.717, 1.165) is 5.56 Å². The van der Waals surface area contributed by atoms with Gasteiger partial charge in [0.05, 0.1) is 0 Å². The lowest BCUT2D eigenvalue weighted by molar-refractivity contribution is 0.161. The normalized spacial score (nSPS) is 9.62. The minimum atomic E-state index is -0.590. The summed E-state index contributed by atoms with van der Waals surface area (Å²) in [5.41, 5.74) is 8.50. The van der Waals surface area contributed by atoms with E-state index >= 15 is 0 Å². The van der Waals surface area contributed by atoms with Crippen LogP contribution in [0.15, 0.2) is 24.3 Å². The fourth-order valence-electron chi connectivity index (χ4n) is 0.939. The summed E-state index contributed by atoms with van der Waals surface area (Å²) < 4.78 is 0. The number of benzene rings is 1. The fourth-order valence-corrected chi connectivity index (χ4v) is 0.939. The van der Waals surface area contributed by atoms with E-state index in [2.05, 4.69) is 5.32 Å². The maximum absolute atomic E-state index is 10.4. The number of anilines is 1. The number of carbonyl (C=O) groups excluding carboxylic acids is 1. The van der Waals surface area contributed by atoms with Gasteiger partial charge in [0.15, 0.2) is 0 Å². The van der Waals surface area contributed by atoms with Crippen molar-refractivity contribution in [1.82, 2.24) is 5.48 Å². The van der Waals surface area contributed by atoms with Crippen LogP contribution in [-0.4, -0.2) is 11.2 Å². The topological polar surface area (TPSA) is 87.4 Å². The zero-order chi connectivity index (χ0) is 9.68. The largest absolute Gasteiger partial charge is 0.351 e. The zero-order valence-corrected chi connectivity index (χ0v) is 6.95. The van der Waals surface area contributed by atoms with E-state index in [4.69, 9.17) is 10.9 Å². The van der Waals surface area contributed by atoms with Crippen LogP contribution in [0, 0.1) is 0 Å². The Balaban J connectivity index is 2.64. The van der Waals surface area contributed by atoms with E-state index in [1.165, 1.54) is 0 Å². The average Bonchev–Trinajstić information content (AvgIpc) is 2.08. The van der Waals surface area contributed by atoms with Crippen molar-refractivity contribution in [2.75, 3.05) is 5.32 Å². The molecule has 13 heavy (non-hydrogen) atoms. The molecule has 5 heteroatoms. The van der Waals surface area contributed by atoms with Crippen LogP contribution in [0.4, 0.5) is 10.5 Å². The van der Waals surface area contributed by atoms with E-state index in [1.807, 2.05) is 5.48 Å². The summed E-state index contributed by atoms with van der Waals surface area (Å²) in [6.07, 6.45) is 0. The van der Waals surface area contributed by atoms with Gasteiger partial charge in [0.25, 0.3) is 0 Å². The Hall–Kier alpha value is -1.59. The molecular weight excluding hydrogens is 170 g/mol. The van der Waals surface area contributed by atoms with E-state index in [1.54, 1.807) is 24.3 Å². The van der Waals surface area contributed by atoms with Crippen molar-refractivity contribution in [2.45, 2.75) is 6.54 Å². The first-order valence-corrected chi connectivity index (χ1v) is 3.74. The van der Waals surface area contributed by atoms with Gasteiger partial charge in [-0.15, -0.1) is 0 Å². The van der Waals surface area contributed by atoms with E-state index in [9.17, 15) is 4.79 Å². The molecule has 1 aromatic carbocycles. The first kappa shape index (κ1) is 9.50. The summed E-state index contributed by atoms with van der Waals surface area (Å²) in [7, 11) is 0. The lowest BCUT2D eigenvalue weighted by Crippen LogP contribution is -2.19. The molecule has 1 aromatic rings. The molecule has 0 aromatic heterocycles. The van der Waals surface area contributed by atoms with Crippen LogP contribution < -0.4 is 16.5 Å². The molecule has 0 radical (unpaired) electrons. The predicted molar refractivity (Wildman–Crippen MR) is 48.3 cm³/mol. The molecule has 0 saturated heterocycles. The van der Waals surface area contributed by atoms with Crippen LogP contribution in [0.3, 0.4) is 0 Å². The van der Waals surface area contributed by atoms with Gasteiger partial charge in [0.1, 0.15) is 0 Å². The standard InChI is InChI=1S/C8H11N3O2/c9-8(12)11-7-3-1-6(2-4-7)5-10-13/h1-4,10,13H,5H2,(H3,9,11,12). The summed E-state index contributed by atoms with van der Waals surface area (Å²) in [5, 5.41) is 10.8. The molecule has 0 heterocycles. The second-order valence-electron chi connectivity index (χ2n) is 2.52. The molecule has 0 unspecified atom stereocenters. The molecule has 1 rings (SSSR count). The van der Waals surface area contributed by atoms with Crippen LogP contribution in [-0.2, 0) is 6.54 Å². The summed E-state index contributed by atoms with van der Waals surface area (Å²) in [6, 6.07) is 6.37. The smallest absolute Gasteiger partial charge is 0.316 e. The number of nitrogens with two attached hydrogens (primary N) is 1. The lowest BCUT2D eigenvalue weighted by Gasteiger charge is -2.02. The van der Waals surface area contributed by atoms with Crippen LogP contribution >= 0.6 is 0 Å². The van der Waals surface area contributed by atoms with Gasteiger partial charge >= 0.3 is 6.03 Å². The van der Waals surface area contributed by atoms with Crippen LogP contribution in [0.2, 0.25) is 0 Å². The number of amides is 2. The molecule has 2 amide bonds. The Bertz CT molecular complexity index is 284. The average molecular weight is 181 g/mol. The second-order valence-corrected chi connectivity index (χ2v) is 2.52. The Morgan fingerprint density at radius 1 is 1.38 bits per heavy atom. The van der Waals surface area contributed by atoms with E-state index in [0.29, 0.717) is 12.2 Å². The third kappa shape index (κ3) is 3.10. The van der Waals surface area contributed by atoms with Gasteiger partial charge in [-0.3, -0.25) is 0 Å². The minimum absolute atomic E-state index is 0.372. The minimum Gasteiger partial charge on any atom is -0.351 e. The number of carbonyl (C=O) groups is 1. The number of hydroxylamine groups is 1. The number of primary amides is 1. The fraction of sp³-hybridized carbons (Fsp3) is 0.125. The van der Waals surface area contributed by atoms with Gasteiger partial charge in [-0.1, -0.05) is 12.1 Å². The van der Waals surface area contributed by atoms with Crippen molar-refractivity contribution in [2.24, 2.45) is 5.73 Å². The van der Waals surface area contributed by atoms with Crippen molar-refractivity contribution < 1.29 is 10.0 Å². The highest BCUT2D eigenvalue weighted by atomic mass is 16.5. The Kier molecular flexibility index (Phi) is 3.24. The SMILES string of the molecule is NC(=O)Nc1ccc(CNO)cc1. The number of hydrogen-bond acceptors (Lipinski definition) is 3. The molecule has 0 spiro atoms. The molecule has 0 saturated carbocycles. The quantitative estimate of drug-likeness (QED) is 0.516. The van der Waals surface area contributed by atoms with Crippen LogP contribution in [0.5, 0.6) is 0 Å². The summed E-state index contributed by atoms with van der Waals surface area (Å²) in [6.45, 7) is 0.372. The van der Waals surface area contributed by atoms with Crippen molar-refractivity contribution in [3.63, 3.8) is 0 Å². The van der Waals surface area contributed by atoms with Gasteiger partial charge in [-0.2, -0.15) is 0 Å². The molecule has 70 valence electrons. The van der Waals surface area contributed by atoms with E-state index < -0.39 is 6.03 Å². The maximum Gasteiger partial charge on any atom is 0.316 e. The van der Waals surface area contributed by atoms with Gasteiger partial charge in [0, 0.05) is 12.2 Å². The van der Waals surface area contributed by atoms with Gasteiger partial charge in [-0.25, -0.2) is 10.3 Å². The predicted octanol–water partition coefficient (Wildman–Crippen LogP) is 0.656. The summed E-state index contributed by atoms with van der Waals surface area (Å²) in [4.78, 5) is 10.4. The Morgan fingerprint density at radius 3 is 2.46 bits per heavy atom. The number of hydrogen-bond donors (Lipinski definition) is 4. The highest BCUT2D eigenvalue weighted by Gasteiger charge is 1.95. The summed E-state index contributed by atoms with van der Waals surface area (Å²) >= 11 is 0. The van der Waals surface area contributed by atoms with E-state index in [-0.39, 0.29) is 0 Å². The van der Waals surface area contributed by atoms with Gasteiger partial charge in [0.2, 0.25) is 0 Å². The Labute approximate surface area is 75.5 Å². The molecular formula is C8H11N3O2. The maximum atomic E-state index is 10.4. The molecule has 0 aliphatic carbocycles. The molecule has 5 nitrogen and oxygen atoms in total. The van der Waals surface area contributed by atoms with Crippen molar-refractivity contribution in [3.8, 4) is 0 Å². The van der Waals surface area contributed by atoms with Crippen molar-refractivity contribution in [1.29, 1.82) is 0 Å². The molecule has 5 N–H and O–H groups in total. The molecule has 0 aliphatic heterocycles. The van der Waals surface area contributed by atoms with Gasteiger partial charge < -0.3 is 16.3 Å². The highest BCUT2D eigenvalue weighted by Crippen LogP contribution is 2.08. The monoisotopic (exact) mass is 181 g/mol. The first-order valence-electron chi connectivity index (χ1n) is 3.74. The third-order valence-electron chi connectivity index (χ3n) is 1.50. The van der Waals surface area contributed by atoms with Crippen molar-refractivity contribution in [3.05, 3.63) is 29.8 Å². The Morgan fingerprint density at radius 2 is 2.00 bits per heavy atom.